The van der Waals surface area contributed by atoms with Crippen molar-refractivity contribution in [3.8, 4) is 10.4 Å². The first kappa shape index (κ1) is 30.0. The fourth-order valence-corrected chi connectivity index (χ4v) is 5.98. The molecule has 3 heterocycles. The molecule has 1 saturated carbocycles. The molecular formula is C30H44N6O3S. The highest BCUT2D eigenvalue weighted by Crippen LogP contribution is 2.38. The van der Waals surface area contributed by atoms with E-state index in [9.17, 15) is 9.59 Å². The number of nitrogens with zero attached hydrogens (tertiary/aromatic N) is 3. The molecule has 5 rings (SSSR count). The first-order valence-corrected chi connectivity index (χ1v) is 15.0. The van der Waals surface area contributed by atoms with Crippen LogP contribution in [0.2, 0.25) is 0 Å². The Kier molecular flexibility index (Phi) is 9.53. The summed E-state index contributed by atoms with van der Waals surface area (Å²) < 4.78 is 5.70. The zero-order valence-corrected chi connectivity index (χ0v) is 25.2. The number of ether oxygens (including phenoxy) is 1. The van der Waals surface area contributed by atoms with Crippen molar-refractivity contribution in [2.45, 2.75) is 78.4 Å². The van der Waals surface area contributed by atoms with Crippen molar-refractivity contribution < 1.29 is 14.3 Å². The average molecular weight is 569 g/mol. The van der Waals surface area contributed by atoms with E-state index in [0.717, 1.165) is 54.1 Å². The van der Waals surface area contributed by atoms with E-state index >= 15 is 0 Å². The Morgan fingerprint density at radius 1 is 1.25 bits per heavy atom. The van der Waals surface area contributed by atoms with Crippen LogP contribution in [0.15, 0.2) is 41.2 Å². The van der Waals surface area contributed by atoms with Crippen LogP contribution in [-0.2, 0) is 14.3 Å². The van der Waals surface area contributed by atoms with Gasteiger partial charge in [0.25, 0.3) is 0 Å². The summed E-state index contributed by atoms with van der Waals surface area (Å²) in [6.07, 6.45) is 4.78. The van der Waals surface area contributed by atoms with E-state index in [-0.39, 0.29) is 29.4 Å². The van der Waals surface area contributed by atoms with E-state index in [1.165, 1.54) is 17.7 Å². The molecule has 1 aromatic heterocycles. The highest BCUT2D eigenvalue weighted by atomic mass is 32.1. The van der Waals surface area contributed by atoms with Crippen LogP contribution in [-0.4, -0.2) is 59.1 Å². The summed E-state index contributed by atoms with van der Waals surface area (Å²) in [6, 6.07) is 8.00. The van der Waals surface area contributed by atoms with E-state index in [1.54, 1.807) is 16.2 Å². The third-order valence-electron chi connectivity index (χ3n) is 8.43. The minimum absolute atomic E-state index is 0.0559. The van der Waals surface area contributed by atoms with Crippen LogP contribution in [0.1, 0.15) is 70.7 Å². The topological polar surface area (TPSA) is 127 Å². The quantitative estimate of drug-likeness (QED) is 0.354. The molecule has 1 aromatic carbocycles. The lowest BCUT2D eigenvalue weighted by molar-refractivity contribution is -0.131. The first-order chi connectivity index (χ1) is 19.0. The molecule has 5 N–H and O–H groups in total. The first-order valence-electron chi connectivity index (χ1n) is 14.2. The Balaban J connectivity index is 0.000000201. The number of hydrogen-bond acceptors (Lipinski definition) is 8. The number of aromatic nitrogens is 1. The van der Waals surface area contributed by atoms with E-state index < -0.39 is 0 Å². The molecule has 3 unspecified atom stereocenters. The number of allylic oxidation sites excluding steroid dienone is 1. The van der Waals surface area contributed by atoms with Crippen molar-refractivity contribution in [1.82, 2.24) is 20.2 Å². The van der Waals surface area contributed by atoms with Crippen molar-refractivity contribution in [3.05, 3.63) is 52.4 Å². The predicted molar refractivity (Wildman–Crippen MR) is 159 cm³/mol. The molecule has 3 aliphatic rings. The van der Waals surface area contributed by atoms with Gasteiger partial charge < -0.3 is 25.7 Å². The Hall–Kier alpha value is -2.95. The molecule has 0 bridgehead atoms. The maximum atomic E-state index is 12.4. The molecule has 2 aromatic rings. The number of thiazole rings is 1. The molecule has 3 atom stereocenters. The van der Waals surface area contributed by atoms with Gasteiger partial charge in [-0.1, -0.05) is 38.1 Å². The minimum Gasteiger partial charge on any atom is -0.400 e. The number of benzene rings is 1. The van der Waals surface area contributed by atoms with Crippen molar-refractivity contribution in [1.29, 1.82) is 0 Å². The van der Waals surface area contributed by atoms with Crippen molar-refractivity contribution in [3.63, 3.8) is 0 Å². The van der Waals surface area contributed by atoms with Crippen LogP contribution < -0.4 is 16.9 Å². The van der Waals surface area contributed by atoms with Gasteiger partial charge in [-0.3, -0.25) is 9.59 Å². The molecule has 2 amide bonds. The molecule has 2 aliphatic heterocycles. The van der Waals surface area contributed by atoms with Gasteiger partial charge >= 0.3 is 0 Å². The van der Waals surface area contributed by atoms with Crippen molar-refractivity contribution in [2.75, 3.05) is 19.8 Å². The summed E-state index contributed by atoms with van der Waals surface area (Å²) >= 11 is 1.63. The standard InChI is InChI=1S/C18H21N3O2S.C12H23N3O/c1-12(20-18(23)16-4-3-9-21(16)11-22)14-5-7-15(8-6-14)17-13(2)19-10-24-17;1-8-12(2,3)7-16-6-10(15(8)14)11(13)9-4-5-9/h5-8,10-12,16H,3-4,9H2,1-2H3,(H,20,23);8-9H,4-7,13-14H2,1-3H3/b;11-10-. The van der Waals surface area contributed by atoms with Crippen molar-refractivity contribution >= 4 is 23.7 Å². The van der Waals surface area contributed by atoms with Gasteiger partial charge in [0.15, 0.2) is 0 Å². The van der Waals surface area contributed by atoms with Crippen molar-refractivity contribution in [2.24, 2.45) is 22.9 Å². The zero-order chi connectivity index (χ0) is 29.0. The van der Waals surface area contributed by atoms with Crippen LogP contribution in [0, 0.1) is 18.3 Å². The van der Waals surface area contributed by atoms with E-state index in [2.05, 4.69) is 43.2 Å². The molecule has 0 radical (unpaired) electrons. The molecule has 40 heavy (non-hydrogen) atoms. The van der Waals surface area contributed by atoms with Gasteiger partial charge in [0.2, 0.25) is 12.3 Å². The lowest BCUT2D eigenvalue weighted by Crippen LogP contribution is -2.47. The lowest BCUT2D eigenvalue weighted by Gasteiger charge is -2.36. The summed E-state index contributed by atoms with van der Waals surface area (Å²) in [7, 11) is 0. The minimum atomic E-state index is -0.330. The van der Waals surface area contributed by atoms with E-state index in [0.29, 0.717) is 19.1 Å². The lowest BCUT2D eigenvalue weighted by atomic mass is 9.86. The second-order valence-electron chi connectivity index (χ2n) is 11.9. The fourth-order valence-electron chi connectivity index (χ4n) is 5.17. The van der Waals surface area contributed by atoms with Gasteiger partial charge in [-0.05, 0) is 57.6 Å². The van der Waals surface area contributed by atoms with E-state index in [1.807, 2.05) is 36.5 Å². The van der Waals surface area contributed by atoms with Crippen LogP contribution in [0.25, 0.3) is 10.4 Å². The van der Waals surface area contributed by atoms with Crippen LogP contribution in [0.5, 0.6) is 0 Å². The summed E-state index contributed by atoms with van der Waals surface area (Å²) in [5, 5.41) is 4.84. The van der Waals surface area contributed by atoms with Gasteiger partial charge in [0, 0.05) is 29.6 Å². The maximum Gasteiger partial charge on any atom is 0.243 e. The molecule has 9 nitrogen and oxygen atoms in total. The van der Waals surface area contributed by atoms with Crippen LogP contribution in [0.4, 0.5) is 0 Å². The average Bonchev–Trinajstić information content (AvgIpc) is 3.55. The van der Waals surface area contributed by atoms with Gasteiger partial charge in [-0.2, -0.15) is 0 Å². The number of carbonyl (C=O) groups is 2. The Morgan fingerprint density at radius 3 is 2.55 bits per heavy atom. The van der Waals surface area contributed by atoms with Gasteiger partial charge in [0.05, 0.1) is 41.0 Å². The molecule has 10 heteroatoms. The highest BCUT2D eigenvalue weighted by Gasteiger charge is 2.37. The third-order valence-corrected chi connectivity index (χ3v) is 9.41. The summed E-state index contributed by atoms with van der Waals surface area (Å²) in [5.41, 5.74) is 13.2. The number of nitrogens with two attached hydrogens (primary N) is 2. The molecule has 3 fully saturated rings. The summed E-state index contributed by atoms with van der Waals surface area (Å²) in [4.78, 5) is 30.4. The maximum absolute atomic E-state index is 12.4. The normalized spacial score (nSPS) is 24.4. The smallest absolute Gasteiger partial charge is 0.243 e. The summed E-state index contributed by atoms with van der Waals surface area (Å²) in [5.74, 6) is 6.65. The number of amides is 2. The molecule has 2 saturated heterocycles. The predicted octanol–water partition coefficient (Wildman–Crippen LogP) is 4.10. The molecule has 0 spiro atoms. The Bertz CT molecular complexity index is 1210. The van der Waals surface area contributed by atoms with Crippen LogP contribution >= 0.6 is 11.3 Å². The van der Waals surface area contributed by atoms with E-state index in [4.69, 9.17) is 16.3 Å². The number of aryl methyl sites for hydroxylation is 1. The summed E-state index contributed by atoms with van der Waals surface area (Å²) in [6.45, 7) is 12.4. The molecular weight excluding hydrogens is 524 g/mol. The second kappa shape index (κ2) is 12.7. The van der Waals surface area contributed by atoms with Gasteiger partial charge in [-0.25, -0.2) is 10.8 Å². The SMILES string of the molecule is CC1N(N)/C(=C(\N)C2CC2)COCC1(C)C.Cc1ncsc1-c1ccc(C(C)NC(=O)C2CCCN2C=O)cc1. The number of likely N-dealkylation sites (tertiary alicyclic amines) is 1. The monoisotopic (exact) mass is 568 g/mol. The molecule has 1 aliphatic carbocycles. The molecule has 218 valence electrons. The number of hydrogen-bond donors (Lipinski definition) is 3. The number of nitrogens with one attached hydrogen (secondary N) is 1. The largest absolute Gasteiger partial charge is 0.400 e. The zero-order valence-electron chi connectivity index (χ0n) is 24.4. The fraction of sp³-hybridized carbons (Fsp3) is 0.567. The van der Waals surface area contributed by atoms with Gasteiger partial charge in [0.1, 0.15) is 6.04 Å². The number of hydrazine groups is 1. The number of carbonyl (C=O) groups excluding carboxylic acids is 2. The van der Waals surface area contributed by atoms with Gasteiger partial charge in [-0.15, -0.1) is 11.3 Å². The highest BCUT2D eigenvalue weighted by molar-refractivity contribution is 7.13. The Morgan fingerprint density at radius 2 is 1.95 bits per heavy atom. The third kappa shape index (κ3) is 6.85. The second-order valence-corrected chi connectivity index (χ2v) is 12.7. The number of rotatable bonds is 6. The van der Waals surface area contributed by atoms with Crippen LogP contribution in [0.3, 0.4) is 0 Å². The Labute approximate surface area is 241 Å².